The Morgan fingerprint density at radius 3 is 2.75 bits per heavy atom. The number of carbonyl (C=O) groups is 1. The number of benzene rings is 2. The lowest BCUT2D eigenvalue weighted by molar-refractivity contribution is -0.118. The highest BCUT2D eigenvalue weighted by atomic mass is 35.5. The van der Waals surface area contributed by atoms with Crippen LogP contribution in [0.5, 0.6) is 17.2 Å². The van der Waals surface area contributed by atoms with E-state index in [0.717, 1.165) is 15.8 Å². The van der Waals surface area contributed by atoms with Crippen LogP contribution in [0.4, 0.5) is 5.13 Å². The van der Waals surface area contributed by atoms with Gasteiger partial charge in [0.2, 0.25) is 12.7 Å². The van der Waals surface area contributed by atoms with Crippen LogP contribution < -0.4 is 19.1 Å². The summed E-state index contributed by atoms with van der Waals surface area (Å²) in [6.45, 7) is 0.543. The fourth-order valence-corrected chi connectivity index (χ4v) is 4.75. The van der Waals surface area contributed by atoms with Gasteiger partial charge in [-0.1, -0.05) is 29.0 Å². The minimum Gasteiger partial charge on any atom is -0.494 e. The third-order valence-electron chi connectivity index (χ3n) is 5.08. The smallest absolute Gasteiger partial charge is 0.233 e. The van der Waals surface area contributed by atoms with Gasteiger partial charge in [-0.3, -0.25) is 14.7 Å². The van der Waals surface area contributed by atoms with Crippen LogP contribution in [0.2, 0.25) is 5.02 Å². The molecule has 0 aliphatic carbocycles. The Morgan fingerprint density at radius 1 is 1.12 bits per heavy atom. The zero-order chi connectivity index (χ0) is 22.1. The molecular weight excluding hydrogens is 450 g/mol. The van der Waals surface area contributed by atoms with Gasteiger partial charge < -0.3 is 14.2 Å². The average molecular weight is 468 g/mol. The van der Waals surface area contributed by atoms with Gasteiger partial charge in [-0.15, -0.1) is 0 Å². The number of pyridine rings is 1. The molecule has 0 atom stereocenters. The molecule has 0 bridgehead atoms. The first-order valence-electron chi connectivity index (χ1n) is 9.83. The van der Waals surface area contributed by atoms with Crippen LogP contribution in [0.3, 0.4) is 0 Å². The number of anilines is 1. The normalized spacial score (nSPS) is 12.2. The van der Waals surface area contributed by atoms with Crippen LogP contribution in [0.25, 0.3) is 10.2 Å². The van der Waals surface area contributed by atoms with Crippen molar-refractivity contribution < 1.29 is 19.0 Å². The van der Waals surface area contributed by atoms with E-state index in [1.165, 1.54) is 11.3 Å². The molecule has 0 N–H and O–H groups in total. The Labute approximate surface area is 193 Å². The zero-order valence-electron chi connectivity index (χ0n) is 17.1. The molecule has 4 aromatic rings. The molecule has 0 spiro atoms. The summed E-state index contributed by atoms with van der Waals surface area (Å²) >= 11 is 7.77. The van der Waals surface area contributed by atoms with Crippen molar-refractivity contribution in [1.29, 1.82) is 0 Å². The lowest BCUT2D eigenvalue weighted by Crippen LogP contribution is -2.31. The number of hydrogen-bond acceptors (Lipinski definition) is 7. The van der Waals surface area contributed by atoms with Gasteiger partial charge in [-0.2, -0.15) is 0 Å². The quantitative estimate of drug-likeness (QED) is 0.403. The summed E-state index contributed by atoms with van der Waals surface area (Å²) in [5, 5.41) is 1.12. The molecule has 7 nitrogen and oxygen atoms in total. The Bertz CT molecular complexity index is 1300. The van der Waals surface area contributed by atoms with Gasteiger partial charge in [-0.25, -0.2) is 4.98 Å². The molecule has 1 aliphatic rings. The van der Waals surface area contributed by atoms with E-state index in [0.29, 0.717) is 39.5 Å². The fraction of sp³-hybridized carbons (Fsp3) is 0.174. The minimum absolute atomic E-state index is 0.102. The first kappa shape index (κ1) is 20.5. The second-order valence-corrected chi connectivity index (χ2v) is 8.51. The van der Waals surface area contributed by atoms with Crippen molar-refractivity contribution in [3.8, 4) is 17.2 Å². The molecule has 1 amide bonds. The maximum atomic E-state index is 13.5. The maximum absolute atomic E-state index is 13.5. The monoisotopic (exact) mass is 467 g/mol. The molecule has 9 heteroatoms. The zero-order valence-corrected chi connectivity index (χ0v) is 18.7. The van der Waals surface area contributed by atoms with Gasteiger partial charge in [0, 0.05) is 12.4 Å². The molecule has 2 aromatic carbocycles. The summed E-state index contributed by atoms with van der Waals surface area (Å²) in [6, 6.07) is 12.8. The Balaban J connectivity index is 1.51. The molecule has 0 fully saturated rings. The summed E-state index contributed by atoms with van der Waals surface area (Å²) in [7, 11) is 1.58. The number of rotatable bonds is 6. The third-order valence-corrected chi connectivity index (χ3v) is 6.62. The van der Waals surface area contributed by atoms with Crippen LogP contribution in [-0.4, -0.2) is 29.8 Å². The molecule has 32 heavy (non-hydrogen) atoms. The number of nitrogens with zero attached hydrogens (tertiary/aromatic N) is 3. The first-order chi connectivity index (χ1) is 15.6. The number of thiazole rings is 1. The van der Waals surface area contributed by atoms with Gasteiger partial charge in [0.1, 0.15) is 11.3 Å². The van der Waals surface area contributed by atoms with Gasteiger partial charge >= 0.3 is 0 Å². The predicted molar refractivity (Wildman–Crippen MR) is 123 cm³/mol. The summed E-state index contributed by atoms with van der Waals surface area (Å²) in [4.78, 5) is 23.9. The van der Waals surface area contributed by atoms with Crippen LogP contribution in [-0.2, 0) is 17.8 Å². The second-order valence-electron chi connectivity index (χ2n) is 7.12. The summed E-state index contributed by atoms with van der Waals surface area (Å²) < 4.78 is 17.0. The van der Waals surface area contributed by atoms with E-state index in [1.807, 2.05) is 30.3 Å². The number of amides is 1. The van der Waals surface area contributed by atoms with Gasteiger partial charge in [0.05, 0.1) is 29.8 Å². The minimum atomic E-state index is -0.102. The largest absolute Gasteiger partial charge is 0.494 e. The van der Waals surface area contributed by atoms with Crippen LogP contribution in [0.15, 0.2) is 54.9 Å². The highest BCUT2D eigenvalue weighted by Crippen LogP contribution is 2.39. The molecule has 0 saturated heterocycles. The van der Waals surface area contributed by atoms with E-state index in [9.17, 15) is 4.79 Å². The van der Waals surface area contributed by atoms with E-state index in [1.54, 1.807) is 36.5 Å². The van der Waals surface area contributed by atoms with Crippen molar-refractivity contribution in [2.75, 3.05) is 18.8 Å². The topological polar surface area (TPSA) is 73.8 Å². The molecule has 162 valence electrons. The summed E-state index contributed by atoms with van der Waals surface area (Å²) in [5.41, 5.74) is 2.41. The highest BCUT2D eigenvalue weighted by Gasteiger charge is 2.23. The van der Waals surface area contributed by atoms with Crippen LogP contribution >= 0.6 is 22.9 Å². The van der Waals surface area contributed by atoms with E-state index >= 15 is 0 Å². The lowest BCUT2D eigenvalue weighted by atomic mass is 10.1. The third kappa shape index (κ3) is 3.94. The molecule has 0 saturated carbocycles. The number of fused-ring (bicyclic) bond motifs is 2. The first-order valence-corrected chi connectivity index (χ1v) is 11.0. The van der Waals surface area contributed by atoms with Gasteiger partial charge in [0.15, 0.2) is 16.6 Å². The maximum Gasteiger partial charge on any atom is 0.233 e. The number of ether oxygens (including phenoxy) is 3. The molecule has 0 unspecified atom stereocenters. The summed E-state index contributed by atoms with van der Waals surface area (Å²) in [6.07, 6.45) is 3.59. The van der Waals surface area contributed by atoms with E-state index < -0.39 is 0 Å². The number of halogens is 1. The molecule has 2 aromatic heterocycles. The Kier molecular flexibility index (Phi) is 5.55. The van der Waals surface area contributed by atoms with Crippen molar-refractivity contribution in [1.82, 2.24) is 9.97 Å². The average Bonchev–Trinajstić information content (AvgIpc) is 3.46. The molecule has 0 radical (unpaired) electrons. The molecule has 1 aliphatic heterocycles. The Hall–Kier alpha value is -3.36. The van der Waals surface area contributed by atoms with E-state index in [-0.39, 0.29) is 19.1 Å². The molecule has 3 heterocycles. The molecular formula is C23H18ClN3O4S. The number of aromatic nitrogens is 2. The van der Waals surface area contributed by atoms with Crippen molar-refractivity contribution in [2.45, 2.75) is 13.0 Å². The Morgan fingerprint density at radius 2 is 1.94 bits per heavy atom. The van der Waals surface area contributed by atoms with Crippen LogP contribution in [0, 0.1) is 0 Å². The van der Waals surface area contributed by atoms with E-state index in [2.05, 4.69) is 4.98 Å². The van der Waals surface area contributed by atoms with Gasteiger partial charge in [0.25, 0.3) is 0 Å². The van der Waals surface area contributed by atoms with Gasteiger partial charge in [-0.05, 0) is 47.5 Å². The number of carbonyl (C=O) groups excluding carboxylic acids is 1. The predicted octanol–water partition coefficient (Wildman–Crippen LogP) is 4.86. The highest BCUT2D eigenvalue weighted by molar-refractivity contribution is 7.23. The standard InChI is InChI=1S/C23H18ClN3O4S/c1-29-18-5-3-16(24)22-21(18)26-23(32-22)27(12-14-6-8-25-9-7-14)20(28)11-15-2-4-17-19(10-15)31-13-30-17/h2-10H,11-13H2,1H3. The number of hydrogen-bond donors (Lipinski definition) is 0. The van der Waals surface area contributed by atoms with Crippen molar-refractivity contribution in [3.05, 3.63) is 71.0 Å². The summed E-state index contributed by atoms with van der Waals surface area (Å²) in [5.74, 6) is 1.84. The lowest BCUT2D eigenvalue weighted by Gasteiger charge is -2.20. The van der Waals surface area contributed by atoms with Crippen LogP contribution in [0.1, 0.15) is 11.1 Å². The second kappa shape index (κ2) is 8.64. The number of methoxy groups -OCH3 is 1. The fourth-order valence-electron chi connectivity index (χ4n) is 3.48. The van der Waals surface area contributed by atoms with Crippen molar-refractivity contribution in [3.63, 3.8) is 0 Å². The van der Waals surface area contributed by atoms with Crippen molar-refractivity contribution in [2.24, 2.45) is 0 Å². The van der Waals surface area contributed by atoms with E-state index in [4.69, 9.17) is 30.8 Å². The SMILES string of the molecule is COc1ccc(Cl)c2sc(N(Cc3ccncc3)C(=O)Cc3ccc4c(c3)OCO4)nc12. The molecule has 5 rings (SSSR count). The van der Waals surface area contributed by atoms with Crippen molar-refractivity contribution >= 4 is 44.2 Å².